The lowest BCUT2D eigenvalue weighted by molar-refractivity contribution is -0.692. The Morgan fingerprint density at radius 2 is 1.83 bits per heavy atom. The minimum absolute atomic E-state index is 0.864. The van der Waals surface area contributed by atoms with Crippen molar-refractivity contribution >= 4 is 5.57 Å². The van der Waals surface area contributed by atoms with Crippen molar-refractivity contribution in [1.82, 2.24) is 0 Å². The van der Waals surface area contributed by atoms with E-state index in [9.17, 15) is 0 Å². The fourth-order valence-electron chi connectivity index (χ4n) is 1.91. The summed E-state index contributed by atoms with van der Waals surface area (Å²) in [6.45, 7) is 6.87. The second-order valence-corrected chi connectivity index (χ2v) is 4.22. The highest BCUT2D eigenvalue weighted by molar-refractivity contribution is 5.73. The number of pyridine rings is 1. The van der Waals surface area contributed by atoms with Crippen molar-refractivity contribution in [2.45, 2.75) is 13.5 Å². The molecule has 0 aliphatic carbocycles. The van der Waals surface area contributed by atoms with Crippen LogP contribution in [0.25, 0.3) is 5.57 Å². The molecule has 1 heterocycles. The van der Waals surface area contributed by atoms with Crippen molar-refractivity contribution in [3.63, 3.8) is 0 Å². The Bertz CT molecular complexity index is 553. The molecule has 1 nitrogen and oxygen atoms in total. The fraction of sp³-hybridized carbons (Fsp3) is 0.118. The zero-order chi connectivity index (χ0) is 12.8. The van der Waals surface area contributed by atoms with E-state index in [1.54, 1.807) is 0 Å². The summed E-state index contributed by atoms with van der Waals surface area (Å²) in [7, 11) is 0. The average molecular weight is 236 g/mol. The third-order valence-corrected chi connectivity index (χ3v) is 3.00. The van der Waals surface area contributed by atoms with Gasteiger partial charge in [-0.25, -0.2) is 0 Å². The van der Waals surface area contributed by atoms with E-state index < -0.39 is 0 Å². The zero-order valence-corrected chi connectivity index (χ0v) is 10.7. The highest BCUT2D eigenvalue weighted by Crippen LogP contribution is 2.14. The molecule has 0 amide bonds. The normalized spacial score (nSPS) is 11.3. The fourth-order valence-corrected chi connectivity index (χ4v) is 1.91. The maximum atomic E-state index is 3.89. The second-order valence-electron chi connectivity index (χ2n) is 4.22. The molecular formula is C17H18N+. The Morgan fingerprint density at radius 1 is 1.11 bits per heavy atom. The van der Waals surface area contributed by atoms with Gasteiger partial charge in [-0.2, -0.15) is 4.57 Å². The first kappa shape index (κ1) is 12.3. The van der Waals surface area contributed by atoms with Gasteiger partial charge in [0.25, 0.3) is 0 Å². The summed E-state index contributed by atoms with van der Waals surface area (Å²) >= 11 is 0. The molecular weight excluding hydrogens is 218 g/mol. The van der Waals surface area contributed by atoms with Crippen LogP contribution in [-0.4, -0.2) is 0 Å². The van der Waals surface area contributed by atoms with Crippen LogP contribution in [0.1, 0.15) is 11.3 Å². The van der Waals surface area contributed by atoms with Crippen LogP contribution in [0.4, 0.5) is 0 Å². The Hall–Kier alpha value is -2.15. The van der Waals surface area contributed by atoms with Crippen LogP contribution >= 0.6 is 0 Å². The molecule has 18 heavy (non-hydrogen) atoms. The summed E-state index contributed by atoms with van der Waals surface area (Å²) < 4.78 is 2.21. The van der Waals surface area contributed by atoms with E-state index in [1.165, 1.54) is 16.8 Å². The van der Waals surface area contributed by atoms with Gasteiger partial charge >= 0.3 is 0 Å². The molecule has 0 aliphatic heterocycles. The standard InChI is InChI=1S/C17H18N/c1-3-16(17-10-5-4-6-11-17)12-14-18-13-8-7-9-15(18)2/h3-13H,1,14H2,2H3/q+1/b16-12+. The molecule has 1 aromatic heterocycles. The number of aromatic nitrogens is 1. The summed E-state index contributed by atoms with van der Waals surface area (Å²) in [6, 6.07) is 16.6. The van der Waals surface area contributed by atoms with E-state index in [0.29, 0.717) is 0 Å². The molecule has 0 radical (unpaired) electrons. The van der Waals surface area contributed by atoms with Gasteiger partial charge in [0.05, 0.1) is 0 Å². The monoisotopic (exact) mass is 236 g/mol. The molecule has 0 saturated heterocycles. The predicted molar refractivity (Wildman–Crippen MR) is 76.0 cm³/mol. The van der Waals surface area contributed by atoms with Crippen LogP contribution in [0, 0.1) is 6.92 Å². The predicted octanol–water partition coefficient (Wildman–Crippen LogP) is 3.55. The van der Waals surface area contributed by atoms with Crippen molar-refractivity contribution in [1.29, 1.82) is 0 Å². The first-order chi connectivity index (χ1) is 8.81. The average Bonchev–Trinajstić information content (AvgIpc) is 2.42. The second kappa shape index (κ2) is 5.97. The summed E-state index contributed by atoms with van der Waals surface area (Å²) in [6.07, 6.45) is 6.21. The lowest BCUT2D eigenvalue weighted by Crippen LogP contribution is -2.35. The summed E-state index contributed by atoms with van der Waals surface area (Å²) in [5, 5.41) is 0. The molecule has 0 bridgehead atoms. The first-order valence-electron chi connectivity index (χ1n) is 6.14. The smallest absolute Gasteiger partial charge is 0.178 e. The van der Waals surface area contributed by atoms with Gasteiger partial charge in [-0.05, 0) is 17.2 Å². The van der Waals surface area contributed by atoms with Crippen LogP contribution < -0.4 is 4.57 Å². The Balaban J connectivity index is 2.22. The Kier molecular flexibility index (Phi) is 4.08. The molecule has 2 rings (SSSR count). The molecule has 1 aromatic carbocycles. The van der Waals surface area contributed by atoms with E-state index >= 15 is 0 Å². The van der Waals surface area contributed by atoms with Crippen LogP contribution in [0.5, 0.6) is 0 Å². The molecule has 1 heteroatoms. The molecule has 0 aliphatic rings. The zero-order valence-electron chi connectivity index (χ0n) is 10.7. The van der Waals surface area contributed by atoms with Crippen LogP contribution in [-0.2, 0) is 6.54 Å². The van der Waals surface area contributed by atoms with Crippen LogP contribution in [0.15, 0.2) is 73.5 Å². The quantitative estimate of drug-likeness (QED) is 0.564. The van der Waals surface area contributed by atoms with Crippen LogP contribution in [0.2, 0.25) is 0 Å². The van der Waals surface area contributed by atoms with Gasteiger partial charge in [0.15, 0.2) is 18.4 Å². The van der Waals surface area contributed by atoms with Gasteiger partial charge in [0.1, 0.15) is 0 Å². The molecule has 0 unspecified atom stereocenters. The Morgan fingerprint density at radius 3 is 2.50 bits per heavy atom. The molecule has 0 atom stereocenters. The van der Waals surface area contributed by atoms with Crippen LogP contribution in [0.3, 0.4) is 0 Å². The van der Waals surface area contributed by atoms with Crippen molar-refractivity contribution in [2.75, 3.05) is 0 Å². The summed E-state index contributed by atoms with van der Waals surface area (Å²) in [5.41, 5.74) is 3.64. The number of benzene rings is 1. The summed E-state index contributed by atoms with van der Waals surface area (Å²) in [5.74, 6) is 0. The van der Waals surface area contributed by atoms with Gasteiger partial charge in [-0.1, -0.05) is 49.1 Å². The maximum absolute atomic E-state index is 3.89. The maximum Gasteiger partial charge on any atom is 0.178 e. The van der Waals surface area contributed by atoms with Crippen molar-refractivity contribution in [3.05, 3.63) is 84.7 Å². The topological polar surface area (TPSA) is 3.88 Å². The lowest BCUT2D eigenvalue weighted by Gasteiger charge is -2.02. The molecule has 90 valence electrons. The highest BCUT2D eigenvalue weighted by atomic mass is 14.9. The molecule has 0 saturated carbocycles. The molecule has 0 N–H and O–H groups in total. The van der Waals surface area contributed by atoms with Gasteiger partial charge in [0.2, 0.25) is 0 Å². The SMILES string of the molecule is C=C/C(=C\C[n+]1ccccc1C)c1ccccc1. The van der Waals surface area contributed by atoms with E-state index in [4.69, 9.17) is 0 Å². The molecule has 0 fully saturated rings. The van der Waals surface area contributed by atoms with Crippen molar-refractivity contribution in [3.8, 4) is 0 Å². The molecule has 2 aromatic rings. The van der Waals surface area contributed by atoms with Gasteiger partial charge in [-0.3, -0.25) is 0 Å². The number of nitrogens with zero attached hydrogens (tertiary/aromatic N) is 1. The largest absolute Gasteiger partial charge is 0.199 e. The number of allylic oxidation sites excluding steroid dienone is 3. The third-order valence-electron chi connectivity index (χ3n) is 3.00. The third kappa shape index (κ3) is 2.95. The number of hydrogen-bond acceptors (Lipinski definition) is 0. The highest BCUT2D eigenvalue weighted by Gasteiger charge is 2.03. The van der Waals surface area contributed by atoms with Gasteiger partial charge < -0.3 is 0 Å². The van der Waals surface area contributed by atoms with E-state index in [0.717, 1.165) is 6.54 Å². The molecule has 0 spiro atoms. The van der Waals surface area contributed by atoms with E-state index in [-0.39, 0.29) is 0 Å². The lowest BCUT2D eigenvalue weighted by atomic mass is 10.1. The number of hydrogen-bond donors (Lipinski definition) is 0. The number of rotatable bonds is 4. The summed E-state index contributed by atoms with van der Waals surface area (Å²) in [4.78, 5) is 0. The Labute approximate surface area is 109 Å². The minimum Gasteiger partial charge on any atom is -0.199 e. The number of aryl methyl sites for hydroxylation is 1. The van der Waals surface area contributed by atoms with Crippen molar-refractivity contribution < 1.29 is 4.57 Å². The van der Waals surface area contributed by atoms with Crippen molar-refractivity contribution in [2.24, 2.45) is 0 Å². The van der Waals surface area contributed by atoms with Gasteiger partial charge in [-0.15, -0.1) is 0 Å². The van der Waals surface area contributed by atoms with E-state index in [2.05, 4.69) is 60.7 Å². The first-order valence-corrected chi connectivity index (χ1v) is 6.14. The van der Waals surface area contributed by atoms with E-state index in [1.807, 2.05) is 24.3 Å². The minimum atomic E-state index is 0.864. The van der Waals surface area contributed by atoms with Gasteiger partial charge in [0, 0.05) is 19.1 Å².